The third-order valence-electron chi connectivity index (χ3n) is 5.70. The van der Waals surface area contributed by atoms with Gasteiger partial charge >= 0.3 is 0 Å². The second-order valence-electron chi connectivity index (χ2n) is 7.67. The number of hydrogen-bond donors (Lipinski definition) is 1. The third kappa shape index (κ3) is 4.09. The van der Waals surface area contributed by atoms with E-state index in [1.165, 1.54) is 51.7 Å². The number of rotatable bonds is 5. The summed E-state index contributed by atoms with van der Waals surface area (Å²) in [7, 11) is 0. The van der Waals surface area contributed by atoms with Crippen LogP contribution >= 0.6 is 0 Å². The van der Waals surface area contributed by atoms with E-state index in [0.29, 0.717) is 11.8 Å². The molecule has 2 aliphatic carbocycles. The molecule has 118 valence electrons. The first-order valence-electron chi connectivity index (χ1n) is 8.81. The minimum Gasteiger partial charge on any atom is -0.355 e. The van der Waals surface area contributed by atoms with Crippen LogP contribution in [0.3, 0.4) is 0 Å². The van der Waals surface area contributed by atoms with Crippen LogP contribution in [-0.4, -0.2) is 37.0 Å². The van der Waals surface area contributed by atoms with Crippen LogP contribution in [0.2, 0.25) is 0 Å². The Bertz CT molecular complexity index is 392. The van der Waals surface area contributed by atoms with E-state index in [9.17, 15) is 4.79 Å². The smallest absolute Gasteiger partial charge is 0.225 e. The van der Waals surface area contributed by atoms with Crippen molar-refractivity contribution in [2.75, 3.05) is 26.2 Å². The Kier molecular flexibility index (Phi) is 4.68. The van der Waals surface area contributed by atoms with Crippen LogP contribution in [0.1, 0.15) is 51.9 Å². The molecule has 1 saturated heterocycles. The SMILES string of the molecule is CC1(C(=O)NCC2CCN(CC3CC=CCC3)CC2)CC1. The van der Waals surface area contributed by atoms with Gasteiger partial charge < -0.3 is 10.2 Å². The Morgan fingerprint density at radius 3 is 2.57 bits per heavy atom. The molecule has 2 fully saturated rings. The molecule has 1 saturated carbocycles. The number of carbonyl (C=O) groups excluding carboxylic acids is 1. The maximum Gasteiger partial charge on any atom is 0.225 e. The maximum atomic E-state index is 12.0. The minimum atomic E-state index is -0.0186. The largest absolute Gasteiger partial charge is 0.355 e. The van der Waals surface area contributed by atoms with Crippen LogP contribution in [-0.2, 0) is 4.79 Å². The van der Waals surface area contributed by atoms with Crippen molar-refractivity contribution in [3.8, 4) is 0 Å². The van der Waals surface area contributed by atoms with Gasteiger partial charge in [-0.15, -0.1) is 0 Å². The van der Waals surface area contributed by atoms with Crippen molar-refractivity contribution in [3.63, 3.8) is 0 Å². The zero-order valence-electron chi connectivity index (χ0n) is 13.4. The highest BCUT2D eigenvalue weighted by Crippen LogP contribution is 2.45. The number of amides is 1. The monoisotopic (exact) mass is 290 g/mol. The van der Waals surface area contributed by atoms with E-state index in [-0.39, 0.29) is 5.41 Å². The summed E-state index contributed by atoms with van der Waals surface area (Å²) in [5.74, 6) is 1.86. The van der Waals surface area contributed by atoms with Gasteiger partial charge in [0.1, 0.15) is 0 Å². The summed E-state index contributed by atoms with van der Waals surface area (Å²) in [6.45, 7) is 6.70. The molecular formula is C18H30N2O. The van der Waals surface area contributed by atoms with Crippen molar-refractivity contribution in [1.29, 1.82) is 0 Å². The molecule has 1 N–H and O–H groups in total. The van der Waals surface area contributed by atoms with Gasteiger partial charge in [-0.2, -0.15) is 0 Å². The fourth-order valence-corrected chi connectivity index (χ4v) is 3.63. The number of piperidine rings is 1. The van der Waals surface area contributed by atoms with Crippen LogP contribution in [0.4, 0.5) is 0 Å². The molecule has 0 spiro atoms. The molecule has 3 heteroatoms. The first kappa shape index (κ1) is 15.1. The number of nitrogens with one attached hydrogen (secondary N) is 1. The lowest BCUT2D eigenvalue weighted by Crippen LogP contribution is -2.41. The van der Waals surface area contributed by atoms with Gasteiger partial charge in [0, 0.05) is 18.5 Å². The lowest BCUT2D eigenvalue weighted by molar-refractivity contribution is -0.126. The van der Waals surface area contributed by atoms with Gasteiger partial charge in [0.05, 0.1) is 0 Å². The molecule has 0 aromatic carbocycles. The molecule has 0 bridgehead atoms. The molecule has 1 heterocycles. The van der Waals surface area contributed by atoms with Gasteiger partial charge in [-0.3, -0.25) is 4.79 Å². The van der Waals surface area contributed by atoms with Gasteiger partial charge in [0.15, 0.2) is 0 Å². The zero-order valence-corrected chi connectivity index (χ0v) is 13.4. The zero-order chi connectivity index (χ0) is 14.7. The number of hydrogen-bond acceptors (Lipinski definition) is 2. The second-order valence-corrected chi connectivity index (χ2v) is 7.67. The quantitative estimate of drug-likeness (QED) is 0.790. The standard InChI is InChI=1S/C18H30N2O/c1-18(9-10-18)17(21)19-13-15-7-11-20(12-8-15)14-16-5-3-2-4-6-16/h2-3,15-16H,4-14H2,1H3,(H,19,21). The highest BCUT2D eigenvalue weighted by atomic mass is 16.2. The van der Waals surface area contributed by atoms with Crippen LogP contribution < -0.4 is 5.32 Å². The minimum absolute atomic E-state index is 0.0186. The average Bonchev–Trinajstić information content (AvgIpc) is 3.26. The first-order valence-corrected chi connectivity index (χ1v) is 8.81. The Morgan fingerprint density at radius 1 is 1.19 bits per heavy atom. The average molecular weight is 290 g/mol. The fourth-order valence-electron chi connectivity index (χ4n) is 3.63. The Labute approximate surface area is 129 Å². The molecule has 3 nitrogen and oxygen atoms in total. The lowest BCUT2D eigenvalue weighted by atomic mass is 9.91. The molecule has 1 aliphatic heterocycles. The summed E-state index contributed by atoms with van der Waals surface area (Å²) < 4.78 is 0. The van der Waals surface area contributed by atoms with Crippen molar-refractivity contribution in [3.05, 3.63) is 12.2 Å². The summed E-state index contributed by atoms with van der Waals surface area (Å²) in [4.78, 5) is 14.6. The number of carbonyl (C=O) groups is 1. The van der Waals surface area contributed by atoms with E-state index in [2.05, 4.69) is 29.3 Å². The van der Waals surface area contributed by atoms with Gasteiger partial charge in [0.25, 0.3) is 0 Å². The first-order chi connectivity index (χ1) is 10.2. The molecule has 0 aromatic rings. The summed E-state index contributed by atoms with van der Waals surface area (Å²) in [5, 5.41) is 3.18. The van der Waals surface area contributed by atoms with Gasteiger partial charge in [-0.25, -0.2) is 0 Å². The van der Waals surface area contributed by atoms with Crippen molar-refractivity contribution >= 4 is 5.91 Å². The van der Waals surface area contributed by atoms with E-state index in [1.807, 2.05) is 0 Å². The predicted octanol–water partition coefficient (Wildman–Crippen LogP) is 2.97. The molecule has 0 radical (unpaired) electrons. The van der Waals surface area contributed by atoms with Crippen LogP contribution in [0.15, 0.2) is 12.2 Å². The van der Waals surface area contributed by atoms with Crippen molar-refractivity contribution in [2.24, 2.45) is 17.3 Å². The topological polar surface area (TPSA) is 32.3 Å². The van der Waals surface area contributed by atoms with Crippen LogP contribution in [0.5, 0.6) is 0 Å². The summed E-state index contributed by atoms with van der Waals surface area (Å²) in [5.41, 5.74) is -0.0186. The molecule has 3 rings (SSSR count). The van der Waals surface area contributed by atoms with Crippen LogP contribution in [0.25, 0.3) is 0 Å². The van der Waals surface area contributed by atoms with Crippen LogP contribution in [0, 0.1) is 17.3 Å². The highest BCUT2D eigenvalue weighted by Gasteiger charge is 2.44. The summed E-state index contributed by atoms with van der Waals surface area (Å²) in [6.07, 6.45) is 13.2. The maximum absolute atomic E-state index is 12.0. The lowest BCUT2D eigenvalue weighted by Gasteiger charge is -2.34. The third-order valence-corrected chi connectivity index (χ3v) is 5.70. The molecule has 1 atom stereocenters. The van der Waals surface area contributed by atoms with Crippen molar-refractivity contribution in [1.82, 2.24) is 10.2 Å². The van der Waals surface area contributed by atoms with Gasteiger partial charge in [-0.1, -0.05) is 19.1 Å². The molecular weight excluding hydrogens is 260 g/mol. The summed E-state index contributed by atoms with van der Waals surface area (Å²) in [6, 6.07) is 0. The predicted molar refractivity (Wildman–Crippen MR) is 86.0 cm³/mol. The number of allylic oxidation sites excluding steroid dienone is 2. The molecule has 1 unspecified atom stereocenters. The van der Waals surface area contributed by atoms with E-state index in [4.69, 9.17) is 0 Å². The number of likely N-dealkylation sites (tertiary alicyclic amines) is 1. The van der Waals surface area contributed by atoms with E-state index in [1.54, 1.807) is 0 Å². The summed E-state index contributed by atoms with van der Waals surface area (Å²) >= 11 is 0. The molecule has 0 aromatic heterocycles. The van der Waals surface area contributed by atoms with Gasteiger partial charge in [-0.05, 0) is 69.9 Å². The molecule has 1 amide bonds. The Morgan fingerprint density at radius 2 is 1.95 bits per heavy atom. The highest BCUT2D eigenvalue weighted by molar-refractivity contribution is 5.84. The van der Waals surface area contributed by atoms with E-state index >= 15 is 0 Å². The molecule has 21 heavy (non-hydrogen) atoms. The fraction of sp³-hybridized carbons (Fsp3) is 0.833. The Balaban J connectivity index is 1.33. The number of nitrogens with zero attached hydrogens (tertiary/aromatic N) is 1. The normalized spacial score (nSPS) is 29.3. The second kappa shape index (κ2) is 6.51. The van der Waals surface area contributed by atoms with Gasteiger partial charge in [0.2, 0.25) is 5.91 Å². The molecule has 3 aliphatic rings. The van der Waals surface area contributed by atoms with E-state index in [0.717, 1.165) is 25.3 Å². The van der Waals surface area contributed by atoms with E-state index < -0.39 is 0 Å². The Hall–Kier alpha value is -0.830. The van der Waals surface area contributed by atoms with Crippen molar-refractivity contribution in [2.45, 2.75) is 51.9 Å². The van der Waals surface area contributed by atoms with Crippen molar-refractivity contribution < 1.29 is 4.79 Å².